The van der Waals surface area contributed by atoms with Crippen LogP contribution in [0.4, 0.5) is 0 Å². The van der Waals surface area contributed by atoms with Crippen LogP contribution in [0, 0.1) is 0 Å². The predicted molar refractivity (Wildman–Crippen MR) is 91.3 cm³/mol. The standard InChI is InChI=1S/C18H21N5O/c1-22-12-20-21-18(22)16-8-4-5-9-23(16)17(24)10-13-11-19-15-7-3-2-6-14(13)15/h2-3,6-7,11-12,16,19H,4-5,8-10H2,1H3/t16-/m0/s1. The van der Waals surface area contributed by atoms with Crippen LogP contribution in [-0.2, 0) is 18.3 Å². The van der Waals surface area contributed by atoms with Crippen molar-refractivity contribution < 1.29 is 4.79 Å². The topological polar surface area (TPSA) is 66.8 Å². The molecule has 1 amide bonds. The molecule has 0 bridgehead atoms. The minimum atomic E-state index is 0.0314. The number of aromatic amines is 1. The lowest BCUT2D eigenvalue weighted by atomic mass is 10.00. The van der Waals surface area contributed by atoms with Crippen LogP contribution in [0.3, 0.4) is 0 Å². The Balaban J connectivity index is 1.59. The van der Waals surface area contributed by atoms with Gasteiger partial charge in [-0.2, -0.15) is 0 Å². The van der Waals surface area contributed by atoms with Crippen LogP contribution < -0.4 is 0 Å². The van der Waals surface area contributed by atoms with Crippen LogP contribution in [0.25, 0.3) is 10.9 Å². The highest BCUT2D eigenvalue weighted by atomic mass is 16.2. The van der Waals surface area contributed by atoms with Gasteiger partial charge in [-0.1, -0.05) is 18.2 Å². The zero-order chi connectivity index (χ0) is 16.5. The molecule has 6 nitrogen and oxygen atoms in total. The number of carbonyl (C=O) groups is 1. The summed E-state index contributed by atoms with van der Waals surface area (Å²) in [5.74, 6) is 1.04. The number of carbonyl (C=O) groups excluding carboxylic acids is 1. The molecular weight excluding hydrogens is 302 g/mol. The second-order valence-corrected chi connectivity index (χ2v) is 6.44. The highest BCUT2D eigenvalue weighted by Gasteiger charge is 2.31. The van der Waals surface area contributed by atoms with E-state index in [4.69, 9.17) is 0 Å². The number of aromatic nitrogens is 4. The molecular formula is C18H21N5O. The molecule has 0 aliphatic carbocycles. The van der Waals surface area contributed by atoms with Gasteiger partial charge in [0, 0.05) is 30.7 Å². The minimum Gasteiger partial charge on any atom is -0.361 e. The maximum absolute atomic E-state index is 13.0. The number of nitrogens with one attached hydrogen (secondary N) is 1. The van der Waals surface area contributed by atoms with Crippen molar-refractivity contribution in [3.63, 3.8) is 0 Å². The number of piperidine rings is 1. The Morgan fingerprint density at radius 3 is 3.04 bits per heavy atom. The molecule has 6 heteroatoms. The molecule has 1 atom stereocenters. The van der Waals surface area contributed by atoms with Crippen LogP contribution in [0.1, 0.15) is 36.7 Å². The van der Waals surface area contributed by atoms with Gasteiger partial charge in [-0.05, 0) is 30.9 Å². The summed E-state index contributed by atoms with van der Waals surface area (Å²) in [6.07, 6.45) is 7.18. The molecule has 124 valence electrons. The Hall–Kier alpha value is -2.63. The average molecular weight is 323 g/mol. The first-order valence-corrected chi connectivity index (χ1v) is 8.42. The number of aryl methyl sites for hydroxylation is 1. The van der Waals surface area contributed by atoms with E-state index in [2.05, 4.69) is 21.2 Å². The molecule has 0 unspecified atom stereocenters. The fraction of sp³-hybridized carbons (Fsp3) is 0.389. The third kappa shape index (κ3) is 2.58. The van der Waals surface area contributed by atoms with E-state index in [9.17, 15) is 4.79 Å². The Morgan fingerprint density at radius 2 is 2.21 bits per heavy atom. The summed E-state index contributed by atoms with van der Waals surface area (Å²) >= 11 is 0. The predicted octanol–water partition coefficient (Wildman–Crippen LogP) is 2.59. The lowest BCUT2D eigenvalue weighted by molar-refractivity contribution is -0.134. The maximum Gasteiger partial charge on any atom is 0.227 e. The molecule has 1 aliphatic heterocycles. The number of hydrogen-bond donors (Lipinski definition) is 1. The second-order valence-electron chi connectivity index (χ2n) is 6.44. The summed E-state index contributed by atoms with van der Waals surface area (Å²) in [4.78, 5) is 18.2. The molecule has 1 aromatic carbocycles. The van der Waals surface area contributed by atoms with E-state index in [1.54, 1.807) is 6.33 Å². The number of rotatable bonds is 3. The molecule has 3 heterocycles. The molecule has 1 N–H and O–H groups in total. The molecule has 0 spiro atoms. The van der Waals surface area contributed by atoms with Crippen LogP contribution in [0.5, 0.6) is 0 Å². The number of amides is 1. The molecule has 1 saturated heterocycles. The molecule has 4 rings (SSSR count). The third-order valence-corrected chi connectivity index (χ3v) is 4.88. The van der Waals surface area contributed by atoms with E-state index in [1.165, 1.54) is 0 Å². The van der Waals surface area contributed by atoms with Crippen LogP contribution in [-0.4, -0.2) is 37.1 Å². The Labute approximate surface area is 140 Å². The van der Waals surface area contributed by atoms with Gasteiger partial charge in [-0.3, -0.25) is 4.79 Å². The van der Waals surface area contributed by atoms with Crippen molar-refractivity contribution in [1.29, 1.82) is 0 Å². The van der Waals surface area contributed by atoms with Gasteiger partial charge >= 0.3 is 0 Å². The number of H-pyrrole nitrogens is 1. The Kier molecular flexibility index (Phi) is 3.80. The number of nitrogens with zero attached hydrogens (tertiary/aromatic N) is 4. The number of para-hydroxylation sites is 1. The van der Waals surface area contributed by atoms with Gasteiger partial charge in [0.25, 0.3) is 0 Å². The molecule has 3 aromatic rings. The first-order chi connectivity index (χ1) is 11.7. The maximum atomic E-state index is 13.0. The normalized spacial score (nSPS) is 18.2. The molecule has 1 aliphatic rings. The number of hydrogen-bond acceptors (Lipinski definition) is 3. The summed E-state index contributed by atoms with van der Waals surface area (Å²) in [5.41, 5.74) is 2.13. The Morgan fingerprint density at radius 1 is 1.33 bits per heavy atom. The van der Waals surface area contributed by atoms with Crippen molar-refractivity contribution in [3.8, 4) is 0 Å². The zero-order valence-corrected chi connectivity index (χ0v) is 13.8. The van der Waals surface area contributed by atoms with Gasteiger partial charge in [0.05, 0.1) is 12.5 Å². The van der Waals surface area contributed by atoms with Crippen molar-refractivity contribution in [2.75, 3.05) is 6.54 Å². The lowest BCUT2D eigenvalue weighted by Gasteiger charge is -2.35. The van der Waals surface area contributed by atoms with E-state index in [1.807, 2.05) is 40.9 Å². The fourth-order valence-corrected chi connectivity index (χ4v) is 3.63. The number of likely N-dealkylation sites (tertiary alicyclic amines) is 1. The number of fused-ring (bicyclic) bond motifs is 1. The molecule has 0 radical (unpaired) electrons. The SMILES string of the molecule is Cn1cnnc1[C@@H]1CCCCN1C(=O)Cc1c[nH]c2ccccc12. The number of benzene rings is 1. The quantitative estimate of drug-likeness (QED) is 0.805. The smallest absolute Gasteiger partial charge is 0.227 e. The van der Waals surface area contributed by atoms with Crippen molar-refractivity contribution in [3.05, 3.63) is 48.2 Å². The Bertz CT molecular complexity index is 865. The molecule has 0 saturated carbocycles. The first-order valence-electron chi connectivity index (χ1n) is 8.42. The van der Waals surface area contributed by atoms with Gasteiger partial charge < -0.3 is 14.5 Å². The van der Waals surface area contributed by atoms with E-state index >= 15 is 0 Å². The van der Waals surface area contributed by atoms with Crippen molar-refractivity contribution in [2.45, 2.75) is 31.7 Å². The molecule has 1 fully saturated rings. The summed E-state index contributed by atoms with van der Waals surface area (Å²) in [6.45, 7) is 0.790. The van der Waals surface area contributed by atoms with Crippen molar-refractivity contribution >= 4 is 16.8 Å². The van der Waals surface area contributed by atoms with Crippen LogP contribution in [0.2, 0.25) is 0 Å². The molecule has 2 aromatic heterocycles. The first kappa shape index (κ1) is 14.9. The minimum absolute atomic E-state index is 0.0314. The highest BCUT2D eigenvalue weighted by Crippen LogP contribution is 2.30. The summed E-state index contributed by atoms with van der Waals surface area (Å²) in [6, 6.07) is 8.13. The summed E-state index contributed by atoms with van der Waals surface area (Å²) in [5, 5.41) is 9.33. The second kappa shape index (κ2) is 6.11. The summed E-state index contributed by atoms with van der Waals surface area (Å²) in [7, 11) is 1.94. The van der Waals surface area contributed by atoms with Crippen molar-refractivity contribution in [2.24, 2.45) is 7.05 Å². The van der Waals surface area contributed by atoms with E-state index in [0.29, 0.717) is 6.42 Å². The van der Waals surface area contributed by atoms with E-state index in [0.717, 1.165) is 48.1 Å². The van der Waals surface area contributed by atoms with Gasteiger partial charge in [0.15, 0.2) is 5.82 Å². The largest absolute Gasteiger partial charge is 0.361 e. The monoisotopic (exact) mass is 323 g/mol. The highest BCUT2D eigenvalue weighted by molar-refractivity contribution is 5.89. The zero-order valence-electron chi connectivity index (χ0n) is 13.8. The van der Waals surface area contributed by atoms with Gasteiger partial charge in [-0.15, -0.1) is 10.2 Å². The van der Waals surface area contributed by atoms with Crippen LogP contribution in [0.15, 0.2) is 36.8 Å². The van der Waals surface area contributed by atoms with Gasteiger partial charge in [0.2, 0.25) is 5.91 Å². The lowest BCUT2D eigenvalue weighted by Crippen LogP contribution is -2.40. The van der Waals surface area contributed by atoms with Gasteiger partial charge in [0.1, 0.15) is 6.33 Å². The van der Waals surface area contributed by atoms with Crippen molar-refractivity contribution in [1.82, 2.24) is 24.6 Å². The van der Waals surface area contributed by atoms with Crippen LogP contribution >= 0.6 is 0 Å². The fourth-order valence-electron chi connectivity index (χ4n) is 3.63. The van der Waals surface area contributed by atoms with E-state index < -0.39 is 0 Å². The van der Waals surface area contributed by atoms with Gasteiger partial charge in [-0.25, -0.2) is 0 Å². The van der Waals surface area contributed by atoms with E-state index in [-0.39, 0.29) is 11.9 Å². The third-order valence-electron chi connectivity index (χ3n) is 4.88. The average Bonchev–Trinajstić information content (AvgIpc) is 3.21. The summed E-state index contributed by atoms with van der Waals surface area (Å²) < 4.78 is 1.92. The molecule has 24 heavy (non-hydrogen) atoms.